The van der Waals surface area contributed by atoms with Gasteiger partial charge in [-0.25, -0.2) is 0 Å². The zero-order valence-corrected chi connectivity index (χ0v) is 28.9. The van der Waals surface area contributed by atoms with E-state index in [-0.39, 0.29) is 6.10 Å². The highest BCUT2D eigenvalue weighted by Gasteiger charge is 2.12. The fourth-order valence-electron chi connectivity index (χ4n) is 2.44. The first-order valence-corrected chi connectivity index (χ1v) is 14.8. The number of hydrogen-bond donors (Lipinski definition) is 2. The Morgan fingerprint density at radius 2 is 1.12 bits per heavy atom. The first-order valence-electron chi connectivity index (χ1n) is 14.8. The molecule has 0 heterocycles. The van der Waals surface area contributed by atoms with Gasteiger partial charge >= 0.3 is 0 Å². The van der Waals surface area contributed by atoms with E-state index in [1.165, 1.54) is 47.6 Å². The molecular formula is C39H68O2. The van der Waals surface area contributed by atoms with Gasteiger partial charge < -0.3 is 10.2 Å². The predicted molar refractivity (Wildman–Crippen MR) is 192 cm³/mol. The Kier molecular flexibility index (Phi) is 41.4. The summed E-state index contributed by atoms with van der Waals surface area (Å²) in [6.07, 6.45) is 24.1. The third-order valence-corrected chi connectivity index (χ3v) is 5.10. The van der Waals surface area contributed by atoms with E-state index in [9.17, 15) is 5.11 Å². The Bertz CT molecular complexity index is 793. The van der Waals surface area contributed by atoms with E-state index in [2.05, 4.69) is 119 Å². The Labute approximate surface area is 257 Å². The molecule has 0 rings (SSSR count). The van der Waals surface area contributed by atoms with E-state index < -0.39 is 5.60 Å². The molecule has 0 saturated carbocycles. The molecule has 0 aromatic heterocycles. The van der Waals surface area contributed by atoms with Gasteiger partial charge in [0, 0.05) is 0 Å². The van der Waals surface area contributed by atoms with Crippen molar-refractivity contribution in [3.8, 4) is 0 Å². The van der Waals surface area contributed by atoms with Gasteiger partial charge in [-0.1, -0.05) is 116 Å². The summed E-state index contributed by atoms with van der Waals surface area (Å²) < 4.78 is 0. The van der Waals surface area contributed by atoms with Gasteiger partial charge in [0.2, 0.25) is 0 Å². The molecule has 0 saturated heterocycles. The average Bonchev–Trinajstić information content (AvgIpc) is 2.89. The van der Waals surface area contributed by atoms with Crippen molar-refractivity contribution in [2.45, 2.75) is 126 Å². The Balaban J connectivity index is -0.000000138. The largest absolute Gasteiger partial charge is 0.389 e. The molecule has 2 heteroatoms. The van der Waals surface area contributed by atoms with Crippen molar-refractivity contribution in [2.24, 2.45) is 0 Å². The van der Waals surface area contributed by atoms with Crippen LogP contribution in [0.3, 0.4) is 0 Å². The highest BCUT2D eigenvalue weighted by molar-refractivity contribution is 5.12. The minimum atomic E-state index is -0.702. The zero-order chi connectivity index (χ0) is 33.3. The Morgan fingerprint density at radius 3 is 1.41 bits per heavy atom. The minimum Gasteiger partial charge on any atom is -0.389 e. The molecule has 0 aliphatic carbocycles. The van der Waals surface area contributed by atoms with Crippen LogP contribution in [0.4, 0.5) is 0 Å². The molecule has 0 aromatic carbocycles. The van der Waals surface area contributed by atoms with Crippen molar-refractivity contribution in [2.75, 3.05) is 0 Å². The quantitative estimate of drug-likeness (QED) is 0.162. The fourth-order valence-corrected chi connectivity index (χ4v) is 2.44. The molecule has 2 atom stereocenters. The van der Waals surface area contributed by atoms with Crippen molar-refractivity contribution in [1.29, 1.82) is 0 Å². The van der Waals surface area contributed by atoms with E-state index in [1.54, 1.807) is 32.1 Å². The van der Waals surface area contributed by atoms with E-state index in [0.29, 0.717) is 0 Å². The predicted octanol–water partition coefficient (Wildman–Crippen LogP) is 12.1. The molecule has 2 nitrogen and oxygen atoms in total. The van der Waals surface area contributed by atoms with E-state index in [4.69, 9.17) is 5.11 Å². The maximum Gasteiger partial charge on any atom is 0.0800 e. The van der Waals surface area contributed by atoms with Crippen LogP contribution >= 0.6 is 0 Å². The van der Waals surface area contributed by atoms with Gasteiger partial charge in [0.15, 0.2) is 0 Å². The number of rotatable bonds is 14. The van der Waals surface area contributed by atoms with Crippen LogP contribution in [-0.4, -0.2) is 21.9 Å². The SMILES string of the molecule is C=CC(=C)CCC=C(C)C.C=CC(C)(O)CCC=C(C)C.C=CC(C)O.C=CC=C.CC/C=C(\C)CCC=C(C)C. The van der Waals surface area contributed by atoms with Crippen molar-refractivity contribution < 1.29 is 10.2 Å². The summed E-state index contributed by atoms with van der Waals surface area (Å²) in [7, 11) is 0. The summed E-state index contributed by atoms with van der Waals surface area (Å²) in [6.45, 7) is 41.5. The van der Waals surface area contributed by atoms with Gasteiger partial charge in [-0.05, 0) is 107 Å². The van der Waals surface area contributed by atoms with Gasteiger partial charge in [0.05, 0.1) is 11.7 Å². The topological polar surface area (TPSA) is 40.5 Å². The third-order valence-electron chi connectivity index (χ3n) is 5.10. The summed E-state index contributed by atoms with van der Waals surface area (Å²) in [6, 6.07) is 0. The van der Waals surface area contributed by atoms with Gasteiger partial charge in [0.25, 0.3) is 0 Å². The maximum atomic E-state index is 9.49. The van der Waals surface area contributed by atoms with Crippen LogP contribution in [0, 0.1) is 0 Å². The van der Waals surface area contributed by atoms with Gasteiger partial charge in [-0.2, -0.15) is 0 Å². The standard InChI is InChI=1S/C11H20.C10H18O.C10H16.C4H8O.C4H6/c1-5-7-11(4)9-6-8-10(2)3;1-5-10(4,11)8-6-7-9(2)3;1-5-10(4)8-6-7-9(2)3;1-3-4(2)5;1-3-4-2/h7-8H,5-6,9H2,1-4H3;5,7,11H,1,6,8H2,2-4H3;5,7H,1,4,6,8H2,2-3H3;3-5H,1H2,2H3;3-4H,1-2H2/b11-7+;;;;. The molecule has 0 aromatic rings. The maximum absolute atomic E-state index is 9.49. The highest BCUT2D eigenvalue weighted by atomic mass is 16.3. The third kappa shape index (κ3) is 62.4. The molecule has 236 valence electrons. The van der Waals surface area contributed by atoms with E-state index in [1.807, 2.05) is 6.08 Å². The highest BCUT2D eigenvalue weighted by Crippen LogP contribution is 2.13. The second-order valence-electron chi connectivity index (χ2n) is 10.8. The van der Waals surface area contributed by atoms with Crippen molar-refractivity contribution in [3.63, 3.8) is 0 Å². The summed E-state index contributed by atoms with van der Waals surface area (Å²) in [4.78, 5) is 0. The first-order chi connectivity index (χ1) is 19.0. The van der Waals surface area contributed by atoms with Crippen molar-refractivity contribution in [1.82, 2.24) is 0 Å². The lowest BCUT2D eigenvalue weighted by molar-refractivity contribution is 0.103. The zero-order valence-electron chi connectivity index (χ0n) is 28.9. The van der Waals surface area contributed by atoms with Crippen LogP contribution in [0.25, 0.3) is 0 Å². The molecule has 0 aliphatic rings. The molecule has 41 heavy (non-hydrogen) atoms. The Morgan fingerprint density at radius 1 is 0.732 bits per heavy atom. The van der Waals surface area contributed by atoms with E-state index in [0.717, 1.165) is 31.3 Å². The fraction of sp³-hybridized carbons (Fsp3) is 0.487. The van der Waals surface area contributed by atoms with Crippen LogP contribution in [0.15, 0.2) is 122 Å². The lowest BCUT2D eigenvalue weighted by Gasteiger charge is -2.16. The molecular weight excluding hydrogens is 500 g/mol. The lowest BCUT2D eigenvalue weighted by Crippen LogP contribution is -2.19. The molecule has 0 aliphatic heterocycles. The molecule has 0 radical (unpaired) electrons. The van der Waals surface area contributed by atoms with E-state index >= 15 is 0 Å². The molecule has 2 N–H and O–H groups in total. The molecule has 0 fully saturated rings. The summed E-state index contributed by atoms with van der Waals surface area (Å²) in [5, 5.41) is 17.7. The molecule has 0 bridgehead atoms. The van der Waals surface area contributed by atoms with Crippen LogP contribution < -0.4 is 0 Å². The first kappa shape index (κ1) is 48.1. The number of allylic oxidation sites excluding steroid dienone is 12. The number of hydrogen-bond acceptors (Lipinski definition) is 2. The monoisotopic (exact) mass is 569 g/mol. The normalized spacial score (nSPS) is 11.5. The number of aliphatic hydroxyl groups is 2. The summed E-state index contributed by atoms with van der Waals surface area (Å²) >= 11 is 0. The van der Waals surface area contributed by atoms with Gasteiger partial charge in [0.1, 0.15) is 0 Å². The average molecular weight is 569 g/mol. The van der Waals surface area contributed by atoms with Crippen LogP contribution in [0.2, 0.25) is 0 Å². The summed E-state index contributed by atoms with van der Waals surface area (Å²) in [5.41, 5.74) is 6.03. The molecule has 0 spiro atoms. The summed E-state index contributed by atoms with van der Waals surface area (Å²) in [5.74, 6) is 0. The minimum absolute atomic E-state index is 0.352. The smallest absolute Gasteiger partial charge is 0.0800 e. The Hall–Kier alpha value is -2.68. The van der Waals surface area contributed by atoms with Gasteiger partial charge in [-0.15, -0.1) is 13.2 Å². The van der Waals surface area contributed by atoms with Crippen LogP contribution in [0.5, 0.6) is 0 Å². The molecule has 0 amide bonds. The second-order valence-corrected chi connectivity index (χ2v) is 10.8. The van der Waals surface area contributed by atoms with Gasteiger partial charge in [-0.3, -0.25) is 0 Å². The number of aliphatic hydroxyl groups excluding tert-OH is 1. The lowest BCUT2D eigenvalue weighted by atomic mass is 10.00. The second kappa shape index (κ2) is 35.3. The van der Waals surface area contributed by atoms with Crippen molar-refractivity contribution >= 4 is 0 Å². The van der Waals surface area contributed by atoms with Crippen molar-refractivity contribution in [3.05, 3.63) is 122 Å². The van der Waals surface area contributed by atoms with Crippen LogP contribution in [-0.2, 0) is 0 Å². The van der Waals surface area contributed by atoms with Crippen LogP contribution in [0.1, 0.15) is 114 Å². The molecule has 2 unspecified atom stereocenters.